The molecule has 2 heterocycles. The van der Waals surface area contributed by atoms with Crippen LogP contribution in [-0.2, 0) is 9.53 Å². The van der Waals surface area contributed by atoms with E-state index in [4.69, 9.17) is 14.2 Å². The number of allylic oxidation sites excluding steroid dienone is 3. The first-order valence-corrected chi connectivity index (χ1v) is 5.82. The molecule has 0 N–H and O–H groups in total. The van der Waals surface area contributed by atoms with E-state index in [-0.39, 0.29) is 18.4 Å². The Morgan fingerprint density at radius 1 is 1.26 bits per heavy atom. The Morgan fingerprint density at radius 3 is 2.95 bits per heavy atom. The molecule has 0 radical (unpaired) electrons. The molecule has 19 heavy (non-hydrogen) atoms. The van der Waals surface area contributed by atoms with Crippen LogP contribution in [0, 0.1) is 0 Å². The van der Waals surface area contributed by atoms with Gasteiger partial charge in [-0.05, 0) is 31.2 Å². The fraction of sp³-hybridized carbons (Fsp3) is 0.143. The van der Waals surface area contributed by atoms with Crippen molar-refractivity contribution >= 4 is 11.9 Å². The number of hydrogen-bond donors (Lipinski definition) is 0. The topological polar surface area (TPSA) is 57.1 Å². The lowest BCUT2D eigenvalue weighted by atomic mass is 10.2. The second-order valence-electron chi connectivity index (χ2n) is 3.95. The number of aliphatic imine (C=N–C) groups is 1. The van der Waals surface area contributed by atoms with Gasteiger partial charge in [0.15, 0.2) is 17.2 Å². The number of fused-ring (bicyclic) bond motifs is 1. The summed E-state index contributed by atoms with van der Waals surface area (Å²) in [5, 5.41) is 0. The first-order valence-electron chi connectivity index (χ1n) is 5.82. The molecule has 1 aromatic carbocycles. The van der Waals surface area contributed by atoms with Crippen LogP contribution in [0.15, 0.2) is 47.1 Å². The van der Waals surface area contributed by atoms with E-state index < -0.39 is 5.97 Å². The third-order valence-electron chi connectivity index (χ3n) is 2.69. The molecular weight excluding hydrogens is 246 g/mol. The van der Waals surface area contributed by atoms with Crippen LogP contribution in [0.4, 0.5) is 0 Å². The zero-order chi connectivity index (χ0) is 13.2. The summed E-state index contributed by atoms with van der Waals surface area (Å²) in [6, 6.07) is 5.28. The quantitative estimate of drug-likeness (QED) is 0.602. The summed E-state index contributed by atoms with van der Waals surface area (Å²) in [6.45, 7) is 2.07. The monoisotopic (exact) mass is 257 g/mol. The SMILES string of the molecule is C/C=C/C=C1\N=C(c2ccc3c(c2)OCO3)OC1=O. The summed E-state index contributed by atoms with van der Waals surface area (Å²) in [5.74, 6) is 1.13. The first-order chi connectivity index (χ1) is 9.28. The molecule has 0 atom stereocenters. The van der Waals surface area contributed by atoms with E-state index in [9.17, 15) is 4.79 Å². The molecule has 5 nitrogen and oxygen atoms in total. The Hall–Kier alpha value is -2.56. The van der Waals surface area contributed by atoms with Crippen LogP contribution in [0.5, 0.6) is 11.5 Å². The van der Waals surface area contributed by atoms with Gasteiger partial charge in [0.05, 0.1) is 0 Å². The minimum atomic E-state index is -0.453. The predicted octanol–water partition coefficient (Wildman–Crippen LogP) is 2.18. The molecule has 2 aliphatic heterocycles. The number of rotatable bonds is 2. The summed E-state index contributed by atoms with van der Waals surface area (Å²) >= 11 is 0. The molecule has 0 unspecified atom stereocenters. The van der Waals surface area contributed by atoms with Gasteiger partial charge in [-0.1, -0.05) is 12.2 Å². The third kappa shape index (κ3) is 2.10. The number of esters is 1. The van der Waals surface area contributed by atoms with Crippen LogP contribution in [0.25, 0.3) is 0 Å². The summed E-state index contributed by atoms with van der Waals surface area (Å²) in [7, 11) is 0. The van der Waals surface area contributed by atoms with Gasteiger partial charge in [-0.15, -0.1) is 0 Å². The Labute approximate surface area is 109 Å². The van der Waals surface area contributed by atoms with Crippen LogP contribution < -0.4 is 9.47 Å². The van der Waals surface area contributed by atoms with Gasteiger partial charge < -0.3 is 14.2 Å². The second-order valence-corrected chi connectivity index (χ2v) is 3.95. The maximum atomic E-state index is 11.6. The Balaban J connectivity index is 1.93. The van der Waals surface area contributed by atoms with E-state index >= 15 is 0 Å². The summed E-state index contributed by atoms with van der Waals surface area (Å²) in [5.41, 5.74) is 0.965. The van der Waals surface area contributed by atoms with Gasteiger partial charge in [0.2, 0.25) is 12.7 Å². The van der Waals surface area contributed by atoms with Gasteiger partial charge in [0.1, 0.15) is 0 Å². The minimum Gasteiger partial charge on any atom is -0.454 e. The van der Waals surface area contributed by atoms with Gasteiger partial charge in [0.25, 0.3) is 0 Å². The Kier molecular flexibility index (Phi) is 2.79. The largest absolute Gasteiger partial charge is 0.454 e. The van der Waals surface area contributed by atoms with Crippen molar-refractivity contribution in [2.75, 3.05) is 6.79 Å². The van der Waals surface area contributed by atoms with Crippen molar-refractivity contribution < 1.29 is 19.0 Å². The molecule has 0 bridgehead atoms. The van der Waals surface area contributed by atoms with Gasteiger partial charge in [-0.2, -0.15) is 0 Å². The number of carbonyl (C=O) groups is 1. The van der Waals surface area contributed by atoms with Crippen molar-refractivity contribution in [2.24, 2.45) is 4.99 Å². The van der Waals surface area contributed by atoms with E-state index in [1.165, 1.54) is 0 Å². The number of benzene rings is 1. The molecule has 96 valence electrons. The maximum Gasteiger partial charge on any atom is 0.363 e. The molecule has 2 aliphatic rings. The van der Waals surface area contributed by atoms with Crippen molar-refractivity contribution in [3.05, 3.63) is 47.7 Å². The maximum absolute atomic E-state index is 11.6. The van der Waals surface area contributed by atoms with E-state index in [0.29, 0.717) is 17.1 Å². The van der Waals surface area contributed by atoms with Crippen LogP contribution in [0.3, 0.4) is 0 Å². The fourth-order valence-electron chi connectivity index (χ4n) is 1.76. The lowest BCUT2D eigenvalue weighted by Crippen LogP contribution is -2.05. The van der Waals surface area contributed by atoms with Crippen molar-refractivity contribution in [3.63, 3.8) is 0 Å². The molecule has 3 rings (SSSR count). The third-order valence-corrected chi connectivity index (χ3v) is 2.69. The van der Waals surface area contributed by atoms with Crippen LogP contribution in [0.1, 0.15) is 12.5 Å². The Bertz CT molecular complexity index is 628. The fourth-order valence-corrected chi connectivity index (χ4v) is 1.76. The molecule has 0 saturated carbocycles. The summed E-state index contributed by atoms with van der Waals surface area (Å²) in [4.78, 5) is 15.8. The minimum absolute atomic E-state index is 0.206. The van der Waals surface area contributed by atoms with Gasteiger partial charge >= 0.3 is 5.97 Å². The molecule has 0 spiro atoms. The van der Waals surface area contributed by atoms with Crippen molar-refractivity contribution in [2.45, 2.75) is 6.92 Å². The smallest absolute Gasteiger partial charge is 0.363 e. The first kappa shape index (κ1) is 11.5. The van der Waals surface area contributed by atoms with Gasteiger partial charge in [-0.3, -0.25) is 0 Å². The van der Waals surface area contributed by atoms with E-state index in [2.05, 4.69) is 4.99 Å². The van der Waals surface area contributed by atoms with E-state index in [1.54, 1.807) is 30.4 Å². The van der Waals surface area contributed by atoms with Gasteiger partial charge in [-0.25, -0.2) is 9.79 Å². The molecule has 5 heteroatoms. The number of carbonyl (C=O) groups excluding carboxylic acids is 1. The lowest BCUT2D eigenvalue weighted by Gasteiger charge is -2.01. The lowest BCUT2D eigenvalue weighted by molar-refractivity contribution is -0.130. The summed E-state index contributed by atoms with van der Waals surface area (Å²) in [6.07, 6.45) is 5.17. The van der Waals surface area contributed by atoms with Crippen molar-refractivity contribution in [1.82, 2.24) is 0 Å². The normalized spacial score (nSPS) is 19.1. The molecule has 0 aliphatic carbocycles. The highest BCUT2D eigenvalue weighted by Gasteiger charge is 2.25. The Morgan fingerprint density at radius 2 is 2.11 bits per heavy atom. The molecule has 0 fully saturated rings. The highest BCUT2D eigenvalue weighted by atomic mass is 16.7. The number of cyclic esters (lactones) is 1. The van der Waals surface area contributed by atoms with Crippen LogP contribution in [0.2, 0.25) is 0 Å². The molecule has 0 amide bonds. The number of nitrogens with zero attached hydrogens (tertiary/aromatic N) is 1. The van der Waals surface area contributed by atoms with Crippen molar-refractivity contribution in [1.29, 1.82) is 0 Å². The second kappa shape index (κ2) is 4.61. The summed E-state index contributed by atoms with van der Waals surface area (Å²) < 4.78 is 15.6. The van der Waals surface area contributed by atoms with Crippen LogP contribution >= 0.6 is 0 Å². The van der Waals surface area contributed by atoms with Crippen LogP contribution in [-0.4, -0.2) is 18.7 Å². The zero-order valence-electron chi connectivity index (χ0n) is 10.3. The molecule has 0 saturated heterocycles. The molecule has 1 aromatic rings. The van der Waals surface area contributed by atoms with E-state index in [0.717, 1.165) is 0 Å². The average Bonchev–Trinajstić information content (AvgIpc) is 3.02. The zero-order valence-corrected chi connectivity index (χ0v) is 10.3. The molecular formula is C14H11NO4. The molecule has 0 aromatic heterocycles. The van der Waals surface area contributed by atoms with Crippen molar-refractivity contribution in [3.8, 4) is 11.5 Å². The standard InChI is InChI=1S/C14H11NO4/c1-2-3-4-10-14(16)19-13(15-10)9-5-6-11-12(7-9)18-8-17-11/h2-7H,8H2,1H3/b3-2+,10-4-. The average molecular weight is 257 g/mol. The van der Waals surface area contributed by atoms with Gasteiger partial charge in [0, 0.05) is 5.56 Å². The number of ether oxygens (including phenoxy) is 3. The highest BCUT2D eigenvalue weighted by molar-refractivity contribution is 6.11. The van der Waals surface area contributed by atoms with E-state index in [1.807, 2.05) is 13.0 Å². The predicted molar refractivity (Wildman–Crippen MR) is 68.1 cm³/mol. The highest BCUT2D eigenvalue weighted by Crippen LogP contribution is 2.33. The number of hydrogen-bond acceptors (Lipinski definition) is 5.